The van der Waals surface area contributed by atoms with Crippen LogP contribution in [-0.2, 0) is 0 Å². The fourth-order valence-electron chi connectivity index (χ4n) is 2.96. The summed E-state index contributed by atoms with van der Waals surface area (Å²) in [6.07, 6.45) is 4.47. The van der Waals surface area contributed by atoms with Gasteiger partial charge in [0.2, 0.25) is 0 Å². The van der Waals surface area contributed by atoms with Crippen LogP contribution in [0.5, 0.6) is 0 Å². The van der Waals surface area contributed by atoms with Gasteiger partial charge in [0.05, 0.1) is 27.1 Å². The van der Waals surface area contributed by atoms with Crippen LogP contribution in [0, 0.1) is 5.82 Å². The molecular weight excluding hydrogens is 367 g/mol. The number of hydrogen-bond acceptors (Lipinski definition) is 6. The third kappa shape index (κ3) is 3.70. The average Bonchev–Trinajstić information content (AvgIpc) is 3.37. The van der Waals surface area contributed by atoms with Gasteiger partial charge in [-0.1, -0.05) is 0 Å². The minimum absolute atomic E-state index is 0.276. The van der Waals surface area contributed by atoms with Crippen LogP contribution < -0.4 is 10.6 Å². The number of nitrogens with zero attached hydrogens (tertiary/aromatic N) is 2. The van der Waals surface area contributed by atoms with Crippen molar-refractivity contribution in [3.8, 4) is 0 Å². The summed E-state index contributed by atoms with van der Waals surface area (Å²) in [5.74, 6) is -0.276. The molecule has 0 aliphatic carbocycles. The van der Waals surface area contributed by atoms with Crippen molar-refractivity contribution in [2.45, 2.75) is 25.8 Å². The van der Waals surface area contributed by atoms with Gasteiger partial charge in [-0.25, -0.2) is 14.4 Å². The van der Waals surface area contributed by atoms with Crippen molar-refractivity contribution in [1.82, 2.24) is 15.3 Å². The minimum atomic E-state index is -0.276. The summed E-state index contributed by atoms with van der Waals surface area (Å²) in [4.78, 5) is 9.43. The number of benzene rings is 1. The molecule has 4 aromatic rings. The van der Waals surface area contributed by atoms with Gasteiger partial charge in [-0.3, -0.25) is 0 Å². The maximum absolute atomic E-state index is 14.1. The predicted octanol–water partition coefficient (Wildman–Crippen LogP) is 5.55. The molecule has 1 aliphatic rings. The second-order valence-corrected chi connectivity index (χ2v) is 8.05. The maximum Gasteiger partial charge on any atom is 0.148 e. The van der Waals surface area contributed by atoms with Gasteiger partial charge in [0.25, 0.3) is 0 Å². The van der Waals surface area contributed by atoms with Crippen LogP contribution in [0.2, 0.25) is 0 Å². The largest absolute Gasteiger partial charge is 0.352 e. The van der Waals surface area contributed by atoms with Gasteiger partial charge in [0.1, 0.15) is 10.6 Å². The van der Waals surface area contributed by atoms with Gasteiger partial charge in [-0.2, -0.15) is 0 Å². The summed E-state index contributed by atoms with van der Waals surface area (Å²) in [6.45, 7) is 3.47. The van der Waals surface area contributed by atoms with E-state index in [4.69, 9.17) is 0 Å². The van der Waals surface area contributed by atoms with Crippen molar-refractivity contribution in [2.75, 3.05) is 11.9 Å². The van der Waals surface area contributed by atoms with E-state index in [0.717, 1.165) is 32.2 Å². The lowest BCUT2D eigenvalue weighted by molar-refractivity contribution is 0.634. The van der Waals surface area contributed by atoms with Crippen molar-refractivity contribution < 1.29 is 4.39 Å². The summed E-state index contributed by atoms with van der Waals surface area (Å²) in [6, 6.07) is 7.88. The first kappa shape index (κ1) is 17.3. The highest BCUT2D eigenvalue weighted by atomic mass is 32.1. The first-order valence-electron chi connectivity index (χ1n) is 8.56. The Hall–Kier alpha value is -2.09. The first-order chi connectivity index (χ1) is 12.7. The first-order valence-corrected chi connectivity index (χ1v) is 10.3. The number of rotatable bonds is 2. The lowest BCUT2D eigenvalue weighted by Crippen LogP contribution is -2.16. The lowest BCUT2D eigenvalue weighted by Gasteiger charge is -2.08. The van der Waals surface area contributed by atoms with Gasteiger partial charge in [-0.15, -0.1) is 22.7 Å². The lowest BCUT2D eigenvalue weighted by atomic mass is 10.2. The molecule has 0 bridgehead atoms. The summed E-state index contributed by atoms with van der Waals surface area (Å²) in [5.41, 5.74) is 3.80. The standard InChI is InChI=1S/C14H8FN3S2.C5H11N/c15-9-5-13-12(17-7-20-13)6-11(9)18-10-1-3-16-14-8(10)2-4-19-14;1-5-3-2-4-6-5/h1-7H,(H,16,18);5-6H,2-4H2,1H3. The molecule has 2 N–H and O–H groups in total. The second-order valence-electron chi connectivity index (χ2n) is 6.27. The highest BCUT2D eigenvalue weighted by Crippen LogP contribution is 2.31. The molecule has 1 fully saturated rings. The molecule has 1 atom stereocenters. The fraction of sp³-hybridized carbons (Fsp3) is 0.263. The molecule has 0 amide bonds. The van der Waals surface area contributed by atoms with E-state index in [2.05, 4.69) is 27.5 Å². The van der Waals surface area contributed by atoms with Gasteiger partial charge in [0.15, 0.2) is 0 Å². The Morgan fingerprint density at radius 3 is 2.88 bits per heavy atom. The average molecular weight is 387 g/mol. The van der Waals surface area contributed by atoms with Crippen LogP contribution in [0.3, 0.4) is 0 Å². The number of hydrogen-bond donors (Lipinski definition) is 2. The number of thiophene rings is 1. The number of halogens is 1. The molecule has 0 saturated carbocycles. The molecular formula is C19H19FN4S2. The summed E-state index contributed by atoms with van der Waals surface area (Å²) < 4.78 is 15.0. The molecule has 1 aromatic carbocycles. The van der Waals surface area contributed by atoms with E-state index < -0.39 is 0 Å². The molecule has 4 heterocycles. The number of thiazole rings is 1. The molecule has 4 nitrogen and oxygen atoms in total. The van der Waals surface area contributed by atoms with E-state index in [1.54, 1.807) is 29.1 Å². The van der Waals surface area contributed by atoms with Crippen LogP contribution in [0.1, 0.15) is 19.8 Å². The second kappa shape index (κ2) is 7.65. The monoisotopic (exact) mass is 386 g/mol. The third-order valence-corrected chi connectivity index (χ3v) is 5.98. The third-order valence-electron chi connectivity index (χ3n) is 4.36. The Morgan fingerprint density at radius 1 is 1.19 bits per heavy atom. The maximum atomic E-state index is 14.1. The molecule has 1 aliphatic heterocycles. The Kier molecular flexibility index (Phi) is 5.10. The zero-order valence-corrected chi connectivity index (χ0v) is 16.0. The summed E-state index contributed by atoms with van der Waals surface area (Å²) in [5, 5.41) is 9.43. The molecule has 0 spiro atoms. The highest BCUT2D eigenvalue weighted by molar-refractivity contribution is 7.17. The zero-order valence-electron chi connectivity index (χ0n) is 14.3. The topological polar surface area (TPSA) is 49.8 Å². The molecule has 7 heteroatoms. The number of nitrogens with one attached hydrogen (secondary N) is 2. The van der Waals surface area contributed by atoms with Crippen LogP contribution in [0.4, 0.5) is 15.8 Å². The Balaban J connectivity index is 0.000000240. The molecule has 134 valence electrons. The molecule has 1 unspecified atom stereocenters. The van der Waals surface area contributed by atoms with E-state index in [0.29, 0.717) is 5.69 Å². The summed E-state index contributed by atoms with van der Waals surface area (Å²) in [7, 11) is 0. The van der Waals surface area contributed by atoms with E-state index in [-0.39, 0.29) is 5.82 Å². The van der Waals surface area contributed by atoms with Crippen molar-refractivity contribution in [3.63, 3.8) is 0 Å². The molecule has 1 saturated heterocycles. The van der Waals surface area contributed by atoms with E-state index in [1.807, 2.05) is 17.5 Å². The van der Waals surface area contributed by atoms with E-state index >= 15 is 0 Å². The van der Waals surface area contributed by atoms with Crippen LogP contribution in [-0.4, -0.2) is 22.6 Å². The Morgan fingerprint density at radius 2 is 2.12 bits per heavy atom. The SMILES string of the molecule is CC1CCCN1.Fc1cc2scnc2cc1Nc1ccnc2sccc12. The Labute approximate surface area is 159 Å². The number of pyridine rings is 1. The molecule has 3 aromatic heterocycles. The van der Waals surface area contributed by atoms with Gasteiger partial charge in [0, 0.05) is 17.6 Å². The number of anilines is 2. The minimum Gasteiger partial charge on any atom is -0.352 e. The van der Waals surface area contributed by atoms with Crippen LogP contribution in [0.25, 0.3) is 20.4 Å². The predicted molar refractivity (Wildman–Crippen MR) is 109 cm³/mol. The van der Waals surface area contributed by atoms with Crippen LogP contribution in [0.15, 0.2) is 41.4 Å². The van der Waals surface area contributed by atoms with E-state index in [1.165, 1.54) is 36.8 Å². The summed E-state index contributed by atoms with van der Waals surface area (Å²) >= 11 is 3.00. The van der Waals surface area contributed by atoms with Crippen LogP contribution >= 0.6 is 22.7 Å². The van der Waals surface area contributed by atoms with E-state index in [9.17, 15) is 4.39 Å². The van der Waals surface area contributed by atoms with Crippen molar-refractivity contribution >= 4 is 54.5 Å². The fourth-order valence-corrected chi connectivity index (χ4v) is 4.41. The zero-order chi connectivity index (χ0) is 17.9. The van der Waals surface area contributed by atoms with Crippen molar-refractivity contribution in [3.05, 3.63) is 47.2 Å². The molecule has 26 heavy (non-hydrogen) atoms. The van der Waals surface area contributed by atoms with Gasteiger partial charge < -0.3 is 10.6 Å². The number of fused-ring (bicyclic) bond motifs is 2. The van der Waals surface area contributed by atoms with Gasteiger partial charge in [-0.05, 0) is 56.0 Å². The van der Waals surface area contributed by atoms with Crippen molar-refractivity contribution in [1.29, 1.82) is 0 Å². The smallest absolute Gasteiger partial charge is 0.148 e. The Bertz CT molecular complexity index is 1020. The number of aromatic nitrogens is 2. The van der Waals surface area contributed by atoms with Gasteiger partial charge >= 0.3 is 0 Å². The highest BCUT2D eigenvalue weighted by Gasteiger charge is 2.09. The molecule has 5 rings (SSSR count). The molecule has 0 radical (unpaired) electrons. The van der Waals surface area contributed by atoms with Crippen molar-refractivity contribution in [2.24, 2.45) is 0 Å². The normalized spacial score (nSPS) is 16.6. The quantitative estimate of drug-likeness (QED) is 0.474.